The van der Waals surface area contributed by atoms with Gasteiger partial charge in [-0.1, -0.05) is 18.2 Å². The first kappa shape index (κ1) is 21.3. The van der Waals surface area contributed by atoms with Gasteiger partial charge in [-0.3, -0.25) is 9.52 Å². The summed E-state index contributed by atoms with van der Waals surface area (Å²) in [4.78, 5) is 13.0. The van der Waals surface area contributed by atoms with Gasteiger partial charge in [0, 0.05) is 11.1 Å². The molecule has 1 amide bonds. The van der Waals surface area contributed by atoms with Gasteiger partial charge in [-0.2, -0.15) is 0 Å². The Balaban J connectivity index is 1.36. The minimum atomic E-state index is -3.43. The van der Waals surface area contributed by atoms with Gasteiger partial charge in [0.05, 0.1) is 23.3 Å². The van der Waals surface area contributed by atoms with E-state index in [1.165, 1.54) is 38.5 Å². The molecule has 3 N–H and O–H groups in total. The van der Waals surface area contributed by atoms with Crippen molar-refractivity contribution >= 4 is 33.0 Å². The maximum absolute atomic E-state index is 13.0. The maximum Gasteiger partial charge on any atom is 0.255 e. The van der Waals surface area contributed by atoms with Crippen molar-refractivity contribution in [1.82, 2.24) is 0 Å². The average Bonchev–Trinajstić information content (AvgIpc) is 2.69. The summed E-state index contributed by atoms with van der Waals surface area (Å²) in [6.07, 6.45) is 8.93. The topological polar surface area (TPSA) is 87.3 Å². The standard InChI is InChI=1S/C25H31N3O3S/c1-16-7-8-20(12-23(16)28-32(2,30)31)24(29)26-21-5-3-4-6-22(21)27-25-13-17-9-18(14-25)11-19(10-17)15-25/h3-8,12,17-19,27-28H,9-11,13-15H2,1-2H3,(H,26,29). The summed E-state index contributed by atoms with van der Waals surface area (Å²) in [5.74, 6) is 2.25. The zero-order valence-corrected chi connectivity index (χ0v) is 19.5. The largest absolute Gasteiger partial charge is 0.378 e. The summed E-state index contributed by atoms with van der Waals surface area (Å²) in [7, 11) is -3.43. The first-order valence-electron chi connectivity index (χ1n) is 11.5. The van der Waals surface area contributed by atoms with E-state index < -0.39 is 10.0 Å². The summed E-state index contributed by atoms with van der Waals surface area (Å²) >= 11 is 0. The highest BCUT2D eigenvalue weighted by Crippen LogP contribution is 2.56. The zero-order valence-electron chi connectivity index (χ0n) is 18.6. The van der Waals surface area contributed by atoms with E-state index in [1.807, 2.05) is 24.3 Å². The van der Waals surface area contributed by atoms with Crippen LogP contribution < -0.4 is 15.4 Å². The Hall–Kier alpha value is -2.54. The average molecular weight is 454 g/mol. The molecule has 2 aromatic carbocycles. The van der Waals surface area contributed by atoms with Crippen LogP contribution in [0.4, 0.5) is 17.1 Å². The van der Waals surface area contributed by atoms with Crippen LogP contribution in [-0.2, 0) is 10.0 Å². The van der Waals surface area contributed by atoms with Gasteiger partial charge < -0.3 is 10.6 Å². The van der Waals surface area contributed by atoms with E-state index in [0.29, 0.717) is 11.3 Å². The van der Waals surface area contributed by atoms with Crippen LogP contribution in [0.3, 0.4) is 0 Å². The second-order valence-corrected chi connectivity index (χ2v) is 12.0. The summed E-state index contributed by atoms with van der Waals surface area (Å²) in [6, 6.07) is 12.9. The summed E-state index contributed by atoms with van der Waals surface area (Å²) in [6.45, 7) is 1.81. The van der Waals surface area contributed by atoms with E-state index >= 15 is 0 Å². The molecule has 6 nitrogen and oxygen atoms in total. The molecular formula is C25H31N3O3S. The molecule has 0 heterocycles. The van der Waals surface area contributed by atoms with Crippen molar-refractivity contribution in [1.29, 1.82) is 0 Å². The zero-order chi connectivity index (χ0) is 22.5. The van der Waals surface area contributed by atoms with Crippen LogP contribution in [-0.4, -0.2) is 26.1 Å². The van der Waals surface area contributed by atoms with E-state index in [0.717, 1.165) is 40.9 Å². The molecule has 4 fully saturated rings. The van der Waals surface area contributed by atoms with Gasteiger partial charge in [0.2, 0.25) is 10.0 Å². The van der Waals surface area contributed by atoms with Crippen molar-refractivity contribution in [2.45, 2.75) is 51.0 Å². The molecule has 0 saturated heterocycles. The van der Waals surface area contributed by atoms with Crippen LogP contribution in [0, 0.1) is 24.7 Å². The summed E-state index contributed by atoms with van der Waals surface area (Å²) < 4.78 is 25.8. The van der Waals surface area contributed by atoms with Crippen LogP contribution in [0.1, 0.15) is 54.4 Å². The number of carbonyl (C=O) groups excluding carboxylic acids is 1. The lowest BCUT2D eigenvalue weighted by atomic mass is 9.53. The van der Waals surface area contributed by atoms with Gasteiger partial charge in [-0.15, -0.1) is 0 Å². The maximum atomic E-state index is 13.0. The Bertz CT molecular complexity index is 1120. The Morgan fingerprint density at radius 1 is 0.906 bits per heavy atom. The molecule has 32 heavy (non-hydrogen) atoms. The number of aryl methyl sites for hydroxylation is 1. The van der Waals surface area contributed by atoms with Gasteiger partial charge in [0.25, 0.3) is 5.91 Å². The lowest BCUT2D eigenvalue weighted by molar-refractivity contribution is 0.0107. The third-order valence-electron chi connectivity index (χ3n) is 7.41. The highest BCUT2D eigenvalue weighted by atomic mass is 32.2. The number of benzene rings is 2. The molecule has 4 bridgehead atoms. The quantitative estimate of drug-likeness (QED) is 0.574. The van der Waals surface area contributed by atoms with Crippen molar-refractivity contribution in [3.63, 3.8) is 0 Å². The fourth-order valence-corrected chi connectivity index (χ4v) is 7.14. The lowest BCUT2D eigenvalue weighted by Gasteiger charge is -2.57. The van der Waals surface area contributed by atoms with Gasteiger partial charge in [0.15, 0.2) is 0 Å². The monoisotopic (exact) mass is 453 g/mol. The number of hydrogen-bond donors (Lipinski definition) is 3. The molecule has 0 aromatic heterocycles. The third-order valence-corrected chi connectivity index (χ3v) is 8.00. The predicted octanol–water partition coefficient (Wildman–Crippen LogP) is 5.00. The van der Waals surface area contributed by atoms with E-state index in [-0.39, 0.29) is 11.4 Å². The van der Waals surface area contributed by atoms with Crippen molar-refractivity contribution in [2.24, 2.45) is 17.8 Å². The van der Waals surface area contributed by atoms with Crippen molar-refractivity contribution in [2.75, 3.05) is 21.6 Å². The molecule has 4 saturated carbocycles. The second-order valence-electron chi connectivity index (χ2n) is 10.2. The highest BCUT2D eigenvalue weighted by molar-refractivity contribution is 7.92. The van der Waals surface area contributed by atoms with Gasteiger partial charge in [0.1, 0.15) is 0 Å². The fourth-order valence-electron chi connectivity index (χ4n) is 6.52. The Kier molecular flexibility index (Phi) is 5.19. The number of amides is 1. The van der Waals surface area contributed by atoms with Crippen molar-refractivity contribution in [3.05, 3.63) is 53.6 Å². The molecule has 0 spiro atoms. The molecular weight excluding hydrogens is 422 g/mol. The first-order valence-corrected chi connectivity index (χ1v) is 13.3. The summed E-state index contributed by atoms with van der Waals surface area (Å²) in [5, 5.41) is 6.90. The lowest BCUT2D eigenvalue weighted by Crippen LogP contribution is -2.54. The van der Waals surface area contributed by atoms with Crippen LogP contribution in [0.5, 0.6) is 0 Å². The number of rotatable bonds is 6. The minimum Gasteiger partial charge on any atom is -0.378 e. The van der Waals surface area contributed by atoms with Gasteiger partial charge in [-0.05, 0) is 93.0 Å². The molecule has 170 valence electrons. The molecule has 7 heteroatoms. The smallest absolute Gasteiger partial charge is 0.255 e. The SMILES string of the molecule is Cc1ccc(C(=O)Nc2ccccc2NC23CC4CC(CC(C4)C2)C3)cc1NS(C)(=O)=O. The van der Waals surface area contributed by atoms with Gasteiger partial charge in [-0.25, -0.2) is 8.42 Å². The van der Waals surface area contributed by atoms with E-state index in [4.69, 9.17) is 0 Å². The van der Waals surface area contributed by atoms with Crippen LogP contribution >= 0.6 is 0 Å². The normalized spacial score (nSPS) is 28.4. The third kappa shape index (κ3) is 4.35. The van der Waals surface area contributed by atoms with E-state index in [9.17, 15) is 13.2 Å². The fraction of sp³-hybridized carbons (Fsp3) is 0.480. The molecule has 6 rings (SSSR count). The molecule has 0 atom stereocenters. The second kappa shape index (κ2) is 7.80. The number of nitrogens with one attached hydrogen (secondary N) is 3. The van der Waals surface area contributed by atoms with Crippen molar-refractivity contribution in [3.8, 4) is 0 Å². The number of para-hydroxylation sites is 2. The first-order chi connectivity index (χ1) is 15.2. The Morgan fingerprint density at radius 2 is 1.50 bits per heavy atom. The number of sulfonamides is 1. The number of hydrogen-bond acceptors (Lipinski definition) is 4. The number of carbonyl (C=O) groups is 1. The van der Waals surface area contributed by atoms with Crippen molar-refractivity contribution < 1.29 is 13.2 Å². The molecule has 4 aliphatic carbocycles. The molecule has 0 unspecified atom stereocenters. The van der Waals surface area contributed by atoms with Crippen LogP contribution in [0.25, 0.3) is 0 Å². The van der Waals surface area contributed by atoms with Gasteiger partial charge >= 0.3 is 0 Å². The van der Waals surface area contributed by atoms with Crippen LogP contribution in [0.2, 0.25) is 0 Å². The Morgan fingerprint density at radius 3 is 2.09 bits per heavy atom. The molecule has 2 aromatic rings. The van der Waals surface area contributed by atoms with E-state index in [2.05, 4.69) is 15.4 Å². The summed E-state index contributed by atoms with van der Waals surface area (Å²) in [5.41, 5.74) is 3.45. The predicted molar refractivity (Wildman–Crippen MR) is 129 cm³/mol. The van der Waals surface area contributed by atoms with E-state index in [1.54, 1.807) is 25.1 Å². The molecule has 4 aliphatic rings. The Labute approximate surface area is 190 Å². The number of anilines is 3. The molecule has 0 aliphatic heterocycles. The highest BCUT2D eigenvalue weighted by Gasteiger charge is 2.51. The minimum absolute atomic E-state index is 0.145. The van der Waals surface area contributed by atoms with Crippen LogP contribution in [0.15, 0.2) is 42.5 Å². The molecule has 0 radical (unpaired) electrons.